The summed E-state index contributed by atoms with van der Waals surface area (Å²) in [5, 5.41) is 0.871. The minimum Gasteiger partial charge on any atom is -0.0887 e. The van der Waals surface area contributed by atoms with E-state index in [0.717, 1.165) is 17.9 Å². The fourth-order valence-corrected chi connectivity index (χ4v) is 3.17. The highest BCUT2D eigenvalue weighted by atomic mass is 79.9. The number of hydrogen-bond acceptors (Lipinski definition) is 0. The van der Waals surface area contributed by atoms with E-state index in [1.165, 1.54) is 5.56 Å². The zero-order valence-electron chi connectivity index (χ0n) is 9.56. The van der Waals surface area contributed by atoms with E-state index in [2.05, 4.69) is 42.8 Å². The van der Waals surface area contributed by atoms with Gasteiger partial charge in [-0.05, 0) is 29.9 Å². The highest BCUT2D eigenvalue weighted by molar-refractivity contribution is 9.09. The largest absolute Gasteiger partial charge is 0.0887 e. The molecule has 0 aliphatic heterocycles. The van der Waals surface area contributed by atoms with Gasteiger partial charge < -0.3 is 0 Å². The van der Waals surface area contributed by atoms with Gasteiger partial charge in [0.1, 0.15) is 0 Å². The number of rotatable bonds is 3. The molecule has 2 heteroatoms. The van der Waals surface area contributed by atoms with Gasteiger partial charge in [0.05, 0.1) is 0 Å². The molecule has 1 aromatic rings. The Balaban J connectivity index is 2.59. The van der Waals surface area contributed by atoms with E-state index in [4.69, 9.17) is 11.6 Å². The van der Waals surface area contributed by atoms with Crippen LogP contribution in [0.2, 0.25) is 5.02 Å². The Morgan fingerprint density at radius 2 is 1.87 bits per heavy atom. The Morgan fingerprint density at radius 3 is 2.40 bits per heavy atom. The molecule has 15 heavy (non-hydrogen) atoms. The third kappa shape index (κ3) is 5.03. The number of benzene rings is 1. The summed E-state index contributed by atoms with van der Waals surface area (Å²) in [6.07, 6.45) is 2.15. The quantitative estimate of drug-likeness (QED) is 0.681. The van der Waals surface area contributed by atoms with Gasteiger partial charge in [0.25, 0.3) is 0 Å². The van der Waals surface area contributed by atoms with Crippen LogP contribution in [0.15, 0.2) is 24.3 Å². The lowest BCUT2D eigenvalue weighted by molar-refractivity contribution is 0.374. The topological polar surface area (TPSA) is 0 Å². The van der Waals surface area contributed by atoms with Gasteiger partial charge in [0.15, 0.2) is 0 Å². The van der Waals surface area contributed by atoms with Crippen LogP contribution in [0, 0.1) is 5.41 Å². The summed E-state index contributed by atoms with van der Waals surface area (Å²) in [7, 11) is 0. The second-order valence-corrected chi connectivity index (χ2v) is 6.86. The lowest BCUT2D eigenvalue weighted by atomic mass is 9.89. The van der Waals surface area contributed by atoms with Crippen molar-refractivity contribution in [2.24, 2.45) is 5.41 Å². The van der Waals surface area contributed by atoms with Gasteiger partial charge in [0, 0.05) is 9.85 Å². The van der Waals surface area contributed by atoms with Crippen molar-refractivity contribution in [2.45, 2.75) is 38.4 Å². The molecule has 0 radical (unpaired) electrons. The Kier molecular flexibility index (Phi) is 4.66. The van der Waals surface area contributed by atoms with E-state index < -0.39 is 0 Å². The zero-order chi connectivity index (χ0) is 11.5. The van der Waals surface area contributed by atoms with Crippen LogP contribution in [0.5, 0.6) is 0 Å². The fraction of sp³-hybridized carbons (Fsp3) is 0.538. The molecule has 0 saturated carbocycles. The van der Waals surface area contributed by atoms with E-state index in [1.54, 1.807) is 0 Å². The first-order chi connectivity index (χ1) is 6.88. The van der Waals surface area contributed by atoms with Crippen LogP contribution in [0.4, 0.5) is 0 Å². The normalized spacial score (nSPS) is 13.9. The van der Waals surface area contributed by atoms with E-state index in [0.29, 0.717) is 10.2 Å². The summed E-state index contributed by atoms with van der Waals surface area (Å²) in [5.74, 6) is 0. The van der Waals surface area contributed by atoms with E-state index in [9.17, 15) is 0 Å². The Bertz CT molecular complexity index is 315. The molecule has 0 aliphatic carbocycles. The number of halogens is 2. The van der Waals surface area contributed by atoms with Crippen molar-refractivity contribution in [1.29, 1.82) is 0 Å². The molecule has 1 rings (SSSR count). The molecular weight excluding hydrogens is 271 g/mol. The molecule has 0 aromatic heterocycles. The van der Waals surface area contributed by atoms with Gasteiger partial charge in [0.2, 0.25) is 0 Å². The zero-order valence-corrected chi connectivity index (χ0v) is 11.9. The van der Waals surface area contributed by atoms with Crippen LogP contribution in [0.3, 0.4) is 0 Å². The van der Waals surface area contributed by atoms with Crippen molar-refractivity contribution in [3.63, 3.8) is 0 Å². The van der Waals surface area contributed by atoms with Crippen molar-refractivity contribution in [3.8, 4) is 0 Å². The maximum atomic E-state index is 6.12. The molecule has 0 saturated heterocycles. The molecule has 0 spiro atoms. The lowest BCUT2D eigenvalue weighted by Gasteiger charge is -2.22. The first-order valence-electron chi connectivity index (χ1n) is 5.26. The predicted octanol–water partition coefficient (Wildman–Crippen LogP) is 5.08. The highest BCUT2D eigenvalue weighted by Crippen LogP contribution is 2.28. The number of hydrogen-bond donors (Lipinski definition) is 0. The minimum absolute atomic E-state index is 0.357. The van der Waals surface area contributed by atoms with E-state index in [1.807, 2.05) is 18.2 Å². The molecule has 0 heterocycles. The first kappa shape index (κ1) is 13.1. The number of alkyl halides is 1. The first-order valence-corrected chi connectivity index (χ1v) is 6.55. The van der Waals surface area contributed by atoms with Crippen molar-refractivity contribution < 1.29 is 0 Å². The third-order valence-corrected chi connectivity index (χ3v) is 3.25. The van der Waals surface area contributed by atoms with Gasteiger partial charge in [-0.1, -0.05) is 66.5 Å². The van der Waals surface area contributed by atoms with Crippen molar-refractivity contribution in [3.05, 3.63) is 34.9 Å². The second-order valence-electron chi connectivity index (χ2n) is 5.16. The second kappa shape index (κ2) is 5.36. The smallest absolute Gasteiger partial charge is 0.0438 e. The summed E-state index contributed by atoms with van der Waals surface area (Å²) < 4.78 is 0. The van der Waals surface area contributed by atoms with Gasteiger partial charge in [-0.25, -0.2) is 0 Å². The molecule has 84 valence electrons. The van der Waals surface area contributed by atoms with Crippen molar-refractivity contribution in [2.75, 3.05) is 0 Å². The SMILES string of the molecule is CC(C)(C)CC(Br)Cc1ccccc1Cl. The van der Waals surface area contributed by atoms with Crippen molar-refractivity contribution in [1.82, 2.24) is 0 Å². The Morgan fingerprint density at radius 1 is 1.27 bits per heavy atom. The van der Waals surface area contributed by atoms with E-state index in [-0.39, 0.29) is 0 Å². The molecule has 0 nitrogen and oxygen atoms in total. The molecule has 0 fully saturated rings. The summed E-state index contributed by atoms with van der Waals surface area (Å²) in [5.41, 5.74) is 1.58. The van der Waals surface area contributed by atoms with Crippen molar-refractivity contribution >= 4 is 27.5 Å². The molecule has 0 amide bonds. The van der Waals surface area contributed by atoms with Gasteiger partial charge >= 0.3 is 0 Å². The minimum atomic E-state index is 0.357. The molecule has 1 atom stereocenters. The summed E-state index contributed by atoms with van der Waals surface area (Å²) in [4.78, 5) is 0.498. The lowest BCUT2D eigenvalue weighted by Crippen LogP contribution is -2.14. The predicted molar refractivity (Wildman–Crippen MR) is 71.9 cm³/mol. The van der Waals surface area contributed by atoms with Crippen LogP contribution in [0.1, 0.15) is 32.8 Å². The molecular formula is C13H18BrCl. The third-order valence-electron chi connectivity index (χ3n) is 2.23. The van der Waals surface area contributed by atoms with Crippen LogP contribution in [-0.2, 0) is 6.42 Å². The fourth-order valence-electron chi connectivity index (χ4n) is 1.64. The van der Waals surface area contributed by atoms with Crippen LogP contribution >= 0.6 is 27.5 Å². The van der Waals surface area contributed by atoms with Gasteiger partial charge in [-0.15, -0.1) is 0 Å². The Labute approximate surface area is 106 Å². The van der Waals surface area contributed by atoms with Crippen LogP contribution in [0.25, 0.3) is 0 Å². The Hall–Kier alpha value is -0.0100. The molecule has 0 bridgehead atoms. The van der Waals surface area contributed by atoms with Crippen LogP contribution < -0.4 is 0 Å². The average molecular weight is 290 g/mol. The maximum Gasteiger partial charge on any atom is 0.0438 e. The molecule has 0 N–H and O–H groups in total. The standard InChI is InChI=1S/C13H18BrCl/c1-13(2,3)9-11(14)8-10-6-4-5-7-12(10)15/h4-7,11H,8-9H2,1-3H3. The molecule has 1 aromatic carbocycles. The summed E-state index contributed by atoms with van der Waals surface area (Å²) >= 11 is 9.84. The van der Waals surface area contributed by atoms with Crippen LogP contribution in [-0.4, -0.2) is 4.83 Å². The maximum absolute atomic E-state index is 6.12. The summed E-state index contributed by atoms with van der Waals surface area (Å²) in [6.45, 7) is 6.77. The van der Waals surface area contributed by atoms with Gasteiger partial charge in [-0.2, -0.15) is 0 Å². The van der Waals surface area contributed by atoms with Gasteiger partial charge in [-0.3, -0.25) is 0 Å². The average Bonchev–Trinajstić information content (AvgIpc) is 2.05. The van der Waals surface area contributed by atoms with E-state index >= 15 is 0 Å². The molecule has 1 unspecified atom stereocenters. The summed E-state index contributed by atoms with van der Waals surface area (Å²) in [6, 6.07) is 8.06. The highest BCUT2D eigenvalue weighted by Gasteiger charge is 2.17. The monoisotopic (exact) mass is 288 g/mol. The molecule has 0 aliphatic rings.